The maximum absolute atomic E-state index is 11.4. The van der Waals surface area contributed by atoms with Crippen molar-refractivity contribution in [3.63, 3.8) is 0 Å². The Labute approximate surface area is 92.2 Å². The zero-order chi connectivity index (χ0) is 10.6. The third kappa shape index (κ3) is 2.91. The van der Waals surface area contributed by atoms with E-state index in [1.165, 1.54) is 12.8 Å². The van der Waals surface area contributed by atoms with Gasteiger partial charge in [-0.15, -0.1) is 0 Å². The molecule has 3 heteroatoms. The normalized spacial score (nSPS) is 31.8. The Kier molecular flexibility index (Phi) is 4.79. The quantitative estimate of drug-likeness (QED) is 0.692. The van der Waals surface area contributed by atoms with Gasteiger partial charge < -0.3 is 5.32 Å². The second-order valence-electron chi connectivity index (χ2n) is 4.25. The molecule has 0 aliphatic heterocycles. The van der Waals surface area contributed by atoms with Gasteiger partial charge in [0.15, 0.2) is 0 Å². The molecule has 0 spiro atoms. The van der Waals surface area contributed by atoms with E-state index < -0.39 is 0 Å². The summed E-state index contributed by atoms with van der Waals surface area (Å²) in [4.78, 5) is 11.4. The predicted molar refractivity (Wildman–Crippen MR) is 62.6 cm³/mol. The average Bonchev–Trinajstić information content (AvgIpc) is 2.48. The fourth-order valence-corrected chi connectivity index (χ4v) is 2.61. The molecular formula is C11H21NOS. The van der Waals surface area contributed by atoms with E-state index in [-0.39, 0.29) is 5.91 Å². The van der Waals surface area contributed by atoms with Gasteiger partial charge in [-0.05, 0) is 30.4 Å². The Morgan fingerprint density at radius 2 is 2.21 bits per heavy atom. The summed E-state index contributed by atoms with van der Waals surface area (Å²) in [5.74, 6) is 2.25. The zero-order valence-corrected chi connectivity index (χ0v) is 10.0. The van der Waals surface area contributed by atoms with E-state index in [1.54, 1.807) is 0 Å². The van der Waals surface area contributed by atoms with E-state index in [9.17, 15) is 4.79 Å². The molecule has 0 heterocycles. The van der Waals surface area contributed by atoms with Crippen LogP contribution in [0.3, 0.4) is 0 Å². The van der Waals surface area contributed by atoms with Crippen molar-refractivity contribution in [3.05, 3.63) is 0 Å². The summed E-state index contributed by atoms with van der Waals surface area (Å²) in [6, 6.07) is 0.410. The van der Waals surface area contributed by atoms with Crippen molar-refractivity contribution < 1.29 is 4.79 Å². The lowest BCUT2D eigenvalue weighted by Crippen LogP contribution is -2.37. The smallest absolute Gasteiger partial charge is 0.221 e. The highest BCUT2D eigenvalue weighted by atomic mass is 32.1. The van der Waals surface area contributed by atoms with Crippen molar-refractivity contribution >= 4 is 18.5 Å². The topological polar surface area (TPSA) is 29.1 Å². The van der Waals surface area contributed by atoms with Gasteiger partial charge in [-0.2, -0.15) is 12.6 Å². The number of carbonyl (C=O) groups is 1. The number of amides is 1. The van der Waals surface area contributed by atoms with Crippen LogP contribution in [0.4, 0.5) is 0 Å². The molecule has 1 saturated carbocycles. The molecular weight excluding hydrogens is 194 g/mol. The molecule has 0 aromatic rings. The Bertz CT molecular complexity index is 196. The lowest BCUT2D eigenvalue weighted by molar-refractivity contribution is -0.121. The van der Waals surface area contributed by atoms with Crippen LogP contribution in [0.1, 0.15) is 39.5 Å². The van der Waals surface area contributed by atoms with Crippen LogP contribution >= 0.6 is 12.6 Å². The predicted octanol–water partition coefficient (Wildman–Crippen LogP) is 2.25. The lowest BCUT2D eigenvalue weighted by Gasteiger charge is -2.20. The van der Waals surface area contributed by atoms with E-state index in [2.05, 4.69) is 31.8 Å². The molecule has 1 N–H and O–H groups in total. The monoisotopic (exact) mass is 215 g/mol. The summed E-state index contributed by atoms with van der Waals surface area (Å²) < 4.78 is 0. The molecule has 14 heavy (non-hydrogen) atoms. The van der Waals surface area contributed by atoms with Gasteiger partial charge in [-0.25, -0.2) is 0 Å². The molecule has 2 nitrogen and oxygen atoms in total. The number of hydrogen-bond acceptors (Lipinski definition) is 2. The van der Waals surface area contributed by atoms with Crippen LogP contribution < -0.4 is 5.32 Å². The summed E-state index contributed by atoms with van der Waals surface area (Å²) in [7, 11) is 0. The van der Waals surface area contributed by atoms with Gasteiger partial charge in [0.2, 0.25) is 5.91 Å². The highest BCUT2D eigenvalue weighted by Gasteiger charge is 2.31. The minimum atomic E-state index is 0.161. The molecule has 0 aromatic heterocycles. The van der Waals surface area contributed by atoms with E-state index in [0.717, 1.165) is 12.3 Å². The van der Waals surface area contributed by atoms with Gasteiger partial charge in [-0.1, -0.05) is 20.3 Å². The molecule has 3 atom stereocenters. The summed E-state index contributed by atoms with van der Waals surface area (Å²) in [5, 5.41) is 3.11. The Morgan fingerprint density at radius 3 is 2.71 bits per heavy atom. The SMILES string of the molecule is CCC1CCC(NC(=O)CCS)C1C. The maximum atomic E-state index is 11.4. The average molecular weight is 215 g/mol. The van der Waals surface area contributed by atoms with Crippen LogP contribution in [-0.4, -0.2) is 17.7 Å². The molecule has 0 bridgehead atoms. The van der Waals surface area contributed by atoms with Gasteiger partial charge in [0.25, 0.3) is 0 Å². The number of hydrogen-bond donors (Lipinski definition) is 2. The van der Waals surface area contributed by atoms with Crippen LogP contribution in [0, 0.1) is 11.8 Å². The fourth-order valence-electron chi connectivity index (χ4n) is 2.41. The maximum Gasteiger partial charge on any atom is 0.221 e. The summed E-state index contributed by atoms with van der Waals surface area (Å²) >= 11 is 4.05. The highest BCUT2D eigenvalue weighted by Crippen LogP contribution is 2.33. The minimum Gasteiger partial charge on any atom is -0.353 e. The summed E-state index contributed by atoms with van der Waals surface area (Å²) in [6.07, 6.45) is 4.20. The van der Waals surface area contributed by atoms with Crippen LogP contribution in [-0.2, 0) is 4.79 Å². The van der Waals surface area contributed by atoms with Gasteiger partial charge in [-0.3, -0.25) is 4.79 Å². The van der Waals surface area contributed by atoms with Crippen LogP contribution in [0.25, 0.3) is 0 Å². The van der Waals surface area contributed by atoms with Crippen LogP contribution in [0.5, 0.6) is 0 Å². The van der Waals surface area contributed by atoms with Crippen molar-refractivity contribution in [2.75, 3.05) is 5.75 Å². The first-order chi connectivity index (χ1) is 6.69. The Hall–Kier alpha value is -0.180. The standard InChI is InChI=1S/C11H21NOS/c1-3-9-4-5-10(8(9)2)12-11(13)6-7-14/h8-10,14H,3-7H2,1-2H3,(H,12,13). The second kappa shape index (κ2) is 5.64. The van der Waals surface area contributed by atoms with Crippen molar-refractivity contribution in [1.82, 2.24) is 5.32 Å². The summed E-state index contributed by atoms with van der Waals surface area (Å²) in [5.41, 5.74) is 0. The molecule has 0 aromatic carbocycles. The lowest BCUT2D eigenvalue weighted by atomic mass is 9.93. The molecule has 1 aliphatic rings. The van der Waals surface area contributed by atoms with Gasteiger partial charge in [0.05, 0.1) is 0 Å². The minimum absolute atomic E-state index is 0.161. The van der Waals surface area contributed by atoms with E-state index >= 15 is 0 Å². The molecule has 1 aliphatic carbocycles. The van der Waals surface area contributed by atoms with Crippen molar-refractivity contribution in [2.24, 2.45) is 11.8 Å². The number of nitrogens with one attached hydrogen (secondary N) is 1. The number of thiol groups is 1. The van der Waals surface area contributed by atoms with Crippen molar-refractivity contribution in [2.45, 2.75) is 45.6 Å². The molecule has 3 unspecified atom stereocenters. The first-order valence-corrected chi connectivity index (χ1v) is 6.22. The van der Waals surface area contributed by atoms with Gasteiger partial charge in [0.1, 0.15) is 0 Å². The fraction of sp³-hybridized carbons (Fsp3) is 0.909. The largest absolute Gasteiger partial charge is 0.353 e. The zero-order valence-electron chi connectivity index (χ0n) is 9.12. The molecule has 0 radical (unpaired) electrons. The molecule has 1 amide bonds. The highest BCUT2D eigenvalue weighted by molar-refractivity contribution is 7.80. The van der Waals surface area contributed by atoms with E-state index in [0.29, 0.717) is 24.1 Å². The first kappa shape index (κ1) is 11.9. The molecule has 0 saturated heterocycles. The second-order valence-corrected chi connectivity index (χ2v) is 4.70. The Balaban J connectivity index is 2.36. The molecule has 1 rings (SSSR count). The Morgan fingerprint density at radius 1 is 1.50 bits per heavy atom. The molecule has 82 valence electrons. The number of carbonyl (C=O) groups excluding carboxylic acids is 1. The summed E-state index contributed by atoms with van der Waals surface area (Å²) in [6.45, 7) is 4.49. The van der Waals surface area contributed by atoms with Crippen LogP contribution in [0.15, 0.2) is 0 Å². The third-order valence-corrected chi connectivity index (χ3v) is 3.66. The van der Waals surface area contributed by atoms with Crippen LogP contribution in [0.2, 0.25) is 0 Å². The number of rotatable bonds is 4. The van der Waals surface area contributed by atoms with E-state index in [1.807, 2.05) is 0 Å². The first-order valence-electron chi connectivity index (χ1n) is 5.59. The third-order valence-electron chi connectivity index (χ3n) is 3.44. The van der Waals surface area contributed by atoms with Crippen molar-refractivity contribution in [1.29, 1.82) is 0 Å². The van der Waals surface area contributed by atoms with E-state index in [4.69, 9.17) is 0 Å². The van der Waals surface area contributed by atoms with Crippen molar-refractivity contribution in [3.8, 4) is 0 Å². The molecule has 1 fully saturated rings. The van der Waals surface area contributed by atoms with Gasteiger partial charge >= 0.3 is 0 Å². The van der Waals surface area contributed by atoms with Gasteiger partial charge in [0, 0.05) is 12.5 Å².